The number of carbonyl (C=O) groups excluding carboxylic acids is 1. The monoisotopic (exact) mass is 187 g/mol. The molecule has 1 fully saturated rings. The van der Waals surface area contributed by atoms with Crippen molar-refractivity contribution in [2.24, 2.45) is 0 Å². The number of rotatable bonds is 4. The summed E-state index contributed by atoms with van der Waals surface area (Å²) in [7, 11) is 0. The van der Waals surface area contributed by atoms with Gasteiger partial charge in [-0.05, 0) is 19.3 Å². The zero-order valence-electron chi connectivity index (χ0n) is 7.62. The molecule has 3 heteroatoms. The number of hydrogen-bond acceptors (Lipinski definition) is 2. The van der Waals surface area contributed by atoms with Crippen LogP contribution in [0.15, 0.2) is 0 Å². The summed E-state index contributed by atoms with van der Waals surface area (Å²) in [5, 5.41) is 0.457. The van der Waals surface area contributed by atoms with E-state index in [-0.39, 0.29) is 0 Å². The van der Waals surface area contributed by atoms with E-state index in [1.807, 2.05) is 4.90 Å². The van der Waals surface area contributed by atoms with Gasteiger partial charge in [-0.25, -0.2) is 0 Å². The van der Waals surface area contributed by atoms with Crippen LogP contribution in [0.5, 0.6) is 0 Å². The van der Waals surface area contributed by atoms with Crippen LogP contribution in [-0.2, 0) is 4.79 Å². The number of carbonyl (C=O) groups is 1. The van der Waals surface area contributed by atoms with Gasteiger partial charge in [0.25, 0.3) is 0 Å². The van der Waals surface area contributed by atoms with Gasteiger partial charge in [0.15, 0.2) is 0 Å². The van der Waals surface area contributed by atoms with Crippen molar-refractivity contribution in [1.29, 1.82) is 0 Å². The van der Waals surface area contributed by atoms with Gasteiger partial charge in [0.2, 0.25) is 5.91 Å². The molecule has 70 valence electrons. The van der Waals surface area contributed by atoms with E-state index in [9.17, 15) is 4.79 Å². The normalized spacial score (nSPS) is 20.2. The fourth-order valence-corrected chi connectivity index (χ4v) is 1.56. The second-order valence-corrected chi connectivity index (χ2v) is 4.07. The quantitative estimate of drug-likeness (QED) is 0.664. The van der Waals surface area contributed by atoms with Crippen LogP contribution in [0.25, 0.3) is 0 Å². The highest BCUT2D eigenvalue weighted by molar-refractivity contribution is 7.80. The predicted molar refractivity (Wildman–Crippen MR) is 53.5 cm³/mol. The van der Waals surface area contributed by atoms with Gasteiger partial charge >= 0.3 is 0 Å². The molecule has 0 aromatic heterocycles. The average Bonchev–Trinajstić information content (AvgIpc) is 2.47. The highest BCUT2D eigenvalue weighted by Crippen LogP contribution is 2.13. The molecule has 1 atom stereocenters. The van der Waals surface area contributed by atoms with Crippen molar-refractivity contribution in [3.8, 4) is 0 Å². The molecule has 0 aromatic carbocycles. The van der Waals surface area contributed by atoms with Crippen LogP contribution < -0.4 is 0 Å². The topological polar surface area (TPSA) is 20.3 Å². The first-order chi connectivity index (χ1) is 5.74. The maximum Gasteiger partial charge on any atom is 0.222 e. The van der Waals surface area contributed by atoms with E-state index >= 15 is 0 Å². The summed E-state index contributed by atoms with van der Waals surface area (Å²) in [6, 6.07) is 0. The summed E-state index contributed by atoms with van der Waals surface area (Å²) < 4.78 is 0. The van der Waals surface area contributed by atoms with E-state index in [1.54, 1.807) is 0 Å². The first-order valence-electron chi connectivity index (χ1n) is 4.70. The molecular weight excluding hydrogens is 170 g/mol. The first kappa shape index (κ1) is 9.90. The fraction of sp³-hybridized carbons (Fsp3) is 0.889. The van der Waals surface area contributed by atoms with Crippen molar-refractivity contribution in [3.63, 3.8) is 0 Å². The second-order valence-electron chi connectivity index (χ2n) is 3.34. The van der Waals surface area contributed by atoms with Crippen molar-refractivity contribution in [1.82, 2.24) is 4.90 Å². The van der Waals surface area contributed by atoms with Gasteiger partial charge in [-0.15, -0.1) is 0 Å². The van der Waals surface area contributed by atoms with Crippen molar-refractivity contribution in [3.05, 3.63) is 0 Å². The van der Waals surface area contributed by atoms with Gasteiger partial charge in [-0.3, -0.25) is 4.79 Å². The molecule has 12 heavy (non-hydrogen) atoms. The zero-order chi connectivity index (χ0) is 8.97. The molecular formula is C9H17NOS. The van der Waals surface area contributed by atoms with Crippen LogP contribution in [0.2, 0.25) is 0 Å². The Morgan fingerprint density at radius 2 is 2.42 bits per heavy atom. The van der Waals surface area contributed by atoms with Crippen molar-refractivity contribution >= 4 is 18.5 Å². The van der Waals surface area contributed by atoms with E-state index < -0.39 is 0 Å². The Hall–Kier alpha value is -0.180. The molecule has 0 bridgehead atoms. The number of amides is 1. The fourth-order valence-electron chi connectivity index (χ4n) is 1.45. The molecule has 1 aliphatic heterocycles. The molecule has 0 aliphatic carbocycles. The lowest BCUT2D eigenvalue weighted by atomic mass is 10.2. The number of thiol groups is 1. The predicted octanol–water partition coefficient (Wildman–Crippen LogP) is 1.71. The average molecular weight is 187 g/mol. The van der Waals surface area contributed by atoms with Gasteiger partial charge in [0, 0.05) is 24.8 Å². The summed E-state index contributed by atoms with van der Waals surface area (Å²) in [6.07, 6.45) is 3.92. The Labute approximate surface area is 79.7 Å². The molecule has 1 aliphatic rings. The summed E-state index contributed by atoms with van der Waals surface area (Å²) in [4.78, 5) is 13.1. The van der Waals surface area contributed by atoms with Crippen LogP contribution in [0.3, 0.4) is 0 Å². The maximum absolute atomic E-state index is 11.2. The number of hydrogen-bond donors (Lipinski definition) is 1. The molecule has 0 spiro atoms. The van der Waals surface area contributed by atoms with Gasteiger partial charge < -0.3 is 4.90 Å². The molecule has 0 saturated carbocycles. The van der Waals surface area contributed by atoms with Crippen LogP contribution in [0.1, 0.15) is 32.6 Å². The van der Waals surface area contributed by atoms with Crippen LogP contribution in [0, 0.1) is 0 Å². The van der Waals surface area contributed by atoms with Crippen LogP contribution in [-0.4, -0.2) is 29.1 Å². The third kappa shape index (κ3) is 2.70. The summed E-state index contributed by atoms with van der Waals surface area (Å²) >= 11 is 4.39. The molecule has 0 aromatic rings. The lowest BCUT2D eigenvalue weighted by molar-refractivity contribution is -0.127. The summed E-state index contributed by atoms with van der Waals surface area (Å²) in [5.41, 5.74) is 0. The van der Waals surface area contributed by atoms with Crippen LogP contribution in [0.4, 0.5) is 0 Å². The Bertz CT molecular complexity index is 161. The van der Waals surface area contributed by atoms with E-state index in [2.05, 4.69) is 19.6 Å². The minimum absolute atomic E-state index is 0.326. The molecule has 2 nitrogen and oxygen atoms in total. The third-order valence-corrected chi connectivity index (χ3v) is 3.00. The molecule has 1 amide bonds. The second kappa shape index (κ2) is 4.75. The van der Waals surface area contributed by atoms with Gasteiger partial charge in [0.1, 0.15) is 0 Å². The molecule has 0 radical (unpaired) electrons. The Balaban J connectivity index is 2.18. The lowest BCUT2D eigenvalue weighted by Gasteiger charge is -2.17. The molecule has 1 rings (SSSR count). The molecule has 1 heterocycles. The van der Waals surface area contributed by atoms with E-state index in [1.165, 1.54) is 0 Å². The molecule has 0 N–H and O–H groups in total. The SMILES string of the molecule is CCC(S)CCN1CCCC1=O. The highest BCUT2D eigenvalue weighted by Gasteiger charge is 2.19. The third-order valence-electron chi connectivity index (χ3n) is 2.37. The van der Waals surface area contributed by atoms with E-state index in [4.69, 9.17) is 0 Å². The largest absolute Gasteiger partial charge is 0.343 e. The van der Waals surface area contributed by atoms with Crippen LogP contribution >= 0.6 is 12.6 Å². The smallest absolute Gasteiger partial charge is 0.222 e. The van der Waals surface area contributed by atoms with Crippen molar-refractivity contribution in [2.75, 3.05) is 13.1 Å². The Morgan fingerprint density at radius 3 is 2.92 bits per heavy atom. The van der Waals surface area contributed by atoms with Gasteiger partial charge in [-0.2, -0.15) is 12.6 Å². The zero-order valence-corrected chi connectivity index (χ0v) is 8.52. The van der Waals surface area contributed by atoms with Gasteiger partial charge in [-0.1, -0.05) is 6.92 Å². The molecule has 1 unspecified atom stereocenters. The first-order valence-corrected chi connectivity index (χ1v) is 5.21. The van der Waals surface area contributed by atoms with E-state index in [0.29, 0.717) is 11.2 Å². The standard InChI is InChI=1S/C9H17NOS/c1-2-8(12)5-7-10-6-3-4-9(10)11/h8,12H,2-7H2,1H3. The molecule has 1 saturated heterocycles. The van der Waals surface area contributed by atoms with Gasteiger partial charge in [0.05, 0.1) is 0 Å². The van der Waals surface area contributed by atoms with Crippen molar-refractivity contribution < 1.29 is 4.79 Å². The highest BCUT2D eigenvalue weighted by atomic mass is 32.1. The maximum atomic E-state index is 11.2. The van der Waals surface area contributed by atoms with Crippen molar-refractivity contribution in [2.45, 2.75) is 37.9 Å². The lowest BCUT2D eigenvalue weighted by Crippen LogP contribution is -2.27. The summed E-state index contributed by atoms with van der Waals surface area (Å²) in [6.45, 7) is 3.99. The summed E-state index contributed by atoms with van der Waals surface area (Å²) in [5.74, 6) is 0.326. The Kier molecular flexibility index (Phi) is 3.92. The number of likely N-dealkylation sites (tertiary alicyclic amines) is 1. The Morgan fingerprint density at radius 1 is 1.67 bits per heavy atom. The minimum Gasteiger partial charge on any atom is -0.343 e. The minimum atomic E-state index is 0.326. The number of nitrogens with zero attached hydrogens (tertiary/aromatic N) is 1. The van der Waals surface area contributed by atoms with E-state index in [0.717, 1.165) is 38.8 Å².